The maximum atomic E-state index is 13.2. The van der Waals surface area contributed by atoms with Gasteiger partial charge in [0, 0.05) is 29.6 Å². The van der Waals surface area contributed by atoms with E-state index >= 15 is 0 Å². The summed E-state index contributed by atoms with van der Waals surface area (Å²) in [6, 6.07) is 7.65. The Balaban J connectivity index is 1.61. The zero-order valence-electron chi connectivity index (χ0n) is 14.8. The molecular formula is C18H19ClFN5OS. The minimum absolute atomic E-state index is 0.0357. The van der Waals surface area contributed by atoms with Crippen molar-refractivity contribution in [2.45, 2.75) is 19.4 Å². The van der Waals surface area contributed by atoms with E-state index in [1.807, 2.05) is 19.2 Å². The normalized spacial score (nSPS) is 13.4. The highest BCUT2D eigenvalue weighted by atomic mass is 35.5. The monoisotopic (exact) mass is 407 g/mol. The van der Waals surface area contributed by atoms with Gasteiger partial charge in [-0.05, 0) is 36.8 Å². The van der Waals surface area contributed by atoms with Gasteiger partial charge in [0.15, 0.2) is 5.82 Å². The second-order valence-corrected chi connectivity index (χ2v) is 7.83. The van der Waals surface area contributed by atoms with E-state index in [1.54, 1.807) is 17.9 Å². The van der Waals surface area contributed by atoms with E-state index in [0.717, 1.165) is 9.75 Å². The van der Waals surface area contributed by atoms with Crippen LogP contribution in [0.25, 0.3) is 10.7 Å². The average molecular weight is 408 g/mol. The third kappa shape index (κ3) is 4.71. The summed E-state index contributed by atoms with van der Waals surface area (Å²) in [6.45, 7) is 1.80. The van der Waals surface area contributed by atoms with Crippen LogP contribution in [-0.2, 0) is 11.8 Å². The maximum Gasteiger partial charge on any atom is 0.227 e. The number of anilines is 1. The number of carbonyl (C=O) groups is 1. The zero-order valence-corrected chi connectivity index (χ0v) is 16.4. The molecule has 3 N–H and O–H groups in total. The highest BCUT2D eigenvalue weighted by Crippen LogP contribution is 2.31. The molecule has 3 aromatic rings. The van der Waals surface area contributed by atoms with Gasteiger partial charge in [0.1, 0.15) is 12.1 Å². The number of halogens is 2. The number of thiophene rings is 1. The first kappa shape index (κ1) is 19.5. The quantitative estimate of drug-likeness (QED) is 0.646. The van der Waals surface area contributed by atoms with Gasteiger partial charge in [-0.25, -0.2) is 9.37 Å². The number of hydrogen-bond acceptors (Lipinski definition) is 5. The fourth-order valence-corrected chi connectivity index (χ4v) is 3.71. The first-order chi connectivity index (χ1) is 12.8. The number of hydrogen-bond donors (Lipinski definition) is 2. The van der Waals surface area contributed by atoms with Crippen LogP contribution in [0.3, 0.4) is 0 Å². The van der Waals surface area contributed by atoms with E-state index in [4.69, 9.17) is 17.3 Å². The summed E-state index contributed by atoms with van der Waals surface area (Å²) >= 11 is 7.25. The Morgan fingerprint density at radius 2 is 2.19 bits per heavy atom. The first-order valence-corrected chi connectivity index (χ1v) is 9.50. The van der Waals surface area contributed by atoms with E-state index in [-0.39, 0.29) is 22.9 Å². The largest absolute Gasteiger partial charge is 0.326 e. The minimum atomic E-state index is -0.527. The molecule has 0 fully saturated rings. The molecular weight excluding hydrogens is 389 g/mol. The number of carbonyl (C=O) groups excluding carboxylic acids is 1. The van der Waals surface area contributed by atoms with Crippen molar-refractivity contribution >= 4 is 34.5 Å². The predicted octanol–water partition coefficient (Wildman–Crippen LogP) is 4.00. The lowest BCUT2D eigenvalue weighted by Crippen LogP contribution is -2.24. The van der Waals surface area contributed by atoms with Crippen LogP contribution in [0.15, 0.2) is 36.7 Å². The number of nitrogens with two attached hydrogens (primary N) is 1. The number of rotatable bonds is 6. The summed E-state index contributed by atoms with van der Waals surface area (Å²) in [5, 5.41) is 6.98. The number of nitrogens with one attached hydrogen (secondary N) is 1. The van der Waals surface area contributed by atoms with Crippen LogP contribution >= 0.6 is 22.9 Å². The SMILES string of the molecule is C[C@@H](C[C@@H](N)c1ccc(-c2ncn(C)n2)s1)C(=O)Nc1ccc(F)c(Cl)c1. The van der Waals surface area contributed by atoms with Crippen molar-refractivity contribution in [3.8, 4) is 10.7 Å². The fraction of sp³-hybridized carbons (Fsp3) is 0.278. The molecule has 0 spiro atoms. The molecule has 0 aliphatic heterocycles. The van der Waals surface area contributed by atoms with Gasteiger partial charge < -0.3 is 11.1 Å². The molecule has 2 atom stereocenters. The van der Waals surface area contributed by atoms with Gasteiger partial charge in [-0.1, -0.05) is 18.5 Å². The van der Waals surface area contributed by atoms with Crippen molar-refractivity contribution in [3.63, 3.8) is 0 Å². The van der Waals surface area contributed by atoms with E-state index in [0.29, 0.717) is 17.9 Å². The van der Waals surface area contributed by atoms with Crippen molar-refractivity contribution in [2.75, 3.05) is 5.32 Å². The van der Waals surface area contributed by atoms with Gasteiger partial charge in [-0.3, -0.25) is 9.48 Å². The van der Waals surface area contributed by atoms with E-state index in [1.165, 1.54) is 29.5 Å². The molecule has 0 aliphatic rings. The number of aryl methyl sites for hydroxylation is 1. The van der Waals surface area contributed by atoms with Crippen molar-refractivity contribution in [1.82, 2.24) is 14.8 Å². The average Bonchev–Trinajstić information content (AvgIpc) is 3.27. The fourth-order valence-electron chi connectivity index (χ4n) is 2.57. The van der Waals surface area contributed by atoms with Crippen LogP contribution < -0.4 is 11.1 Å². The molecule has 0 bridgehead atoms. The lowest BCUT2D eigenvalue weighted by atomic mass is 10.0. The number of amides is 1. The second-order valence-electron chi connectivity index (χ2n) is 6.31. The van der Waals surface area contributed by atoms with Gasteiger partial charge in [-0.2, -0.15) is 5.10 Å². The lowest BCUT2D eigenvalue weighted by Gasteiger charge is -2.16. The molecule has 1 aromatic carbocycles. The van der Waals surface area contributed by atoms with Gasteiger partial charge in [-0.15, -0.1) is 11.3 Å². The van der Waals surface area contributed by atoms with E-state index in [9.17, 15) is 9.18 Å². The van der Waals surface area contributed by atoms with Gasteiger partial charge >= 0.3 is 0 Å². The third-order valence-electron chi connectivity index (χ3n) is 4.05. The molecule has 0 saturated carbocycles. The van der Waals surface area contributed by atoms with Crippen LogP contribution in [0.1, 0.15) is 24.3 Å². The van der Waals surface area contributed by atoms with E-state index in [2.05, 4.69) is 15.4 Å². The molecule has 0 radical (unpaired) electrons. The van der Waals surface area contributed by atoms with Gasteiger partial charge in [0.2, 0.25) is 5.91 Å². The molecule has 6 nitrogen and oxygen atoms in total. The molecule has 9 heteroatoms. The Bertz CT molecular complexity index is 957. The van der Waals surface area contributed by atoms with Crippen LogP contribution in [0.2, 0.25) is 5.02 Å². The topological polar surface area (TPSA) is 85.8 Å². The molecule has 1 amide bonds. The van der Waals surface area contributed by atoms with Crippen LogP contribution in [0, 0.1) is 11.7 Å². The summed E-state index contributed by atoms with van der Waals surface area (Å²) in [4.78, 5) is 18.5. The summed E-state index contributed by atoms with van der Waals surface area (Å²) < 4.78 is 14.9. The highest BCUT2D eigenvalue weighted by Gasteiger charge is 2.20. The van der Waals surface area contributed by atoms with Crippen molar-refractivity contribution < 1.29 is 9.18 Å². The standard InChI is InChI=1S/C18H19ClFN5OS/c1-10(18(26)23-11-3-4-13(20)12(19)8-11)7-14(21)15-5-6-16(27-15)17-22-9-25(2)24-17/h3-6,8-10,14H,7,21H2,1-2H3,(H,23,26)/t10-,14+/m0/s1. The first-order valence-electron chi connectivity index (χ1n) is 8.30. The Hall–Kier alpha value is -2.29. The van der Waals surface area contributed by atoms with Crippen LogP contribution in [-0.4, -0.2) is 20.7 Å². The van der Waals surface area contributed by atoms with Gasteiger partial charge in [0.25, 0.3) is 0 Å². The molecule has 3 rings (SSSR count). The summed E-state index contributed by atoms with van der Waals surface area (Å²) in [5.74, 6) is -0.404. The van der Waals surface area contributed by atoms with Crippen molar-refractivity contribution in [2.24, 2.45) is 18.7 Å². The molecule has 0 saturated heterocycles. The number of aromatic nitrogens is 3. The minimum Gasteiger partial charge on any atom is -0.326 e. The molecule has 0 unspecified atom stereocenters. The molecule has 142 valence electrons. The Morgan fingerprint density at radius 1 is 1.41 bits per heavy atom. The van der Waals surface area contributed by atoms with Crippen LogP contribution in [0.4, 0.5) is 10.1 Å². The Kier molecular flexibility index (Phi) is 5.88. The molecule has 2 aromatic heterocycles. The second kappa shape index (κ2) is 8.16. The molecule has 0 aliphatic carbocycles. The van der Waals surface area contributed by atoms with Crippen molar-refractivity contribution in [1.29, 1.82) is 0 Å². The lowest BCUT2D eigenvalue weighted by molar-refractivity contribution is -0.119. The highest BCUT2D eigenvalue weighted by molar-refractivity contribution is 7.15. The maximum absolute atomic E-state index is 13.2. The third-order valence-corrected chi connectivity index (χ3v) is 5.56. The molecule has 2 heterocycles. The Labute approximate surface area is 165 Å². The smallest absolute Gasteiger partial charge is 0.227 e. The number of benzene rings is 1. The van der Waals surface area contributed by atoms with Gasteiger partial charge in [0.05, 0.1) is 9.90 Å². The summed E-state index contributed by atoms with van der Waals surface area (Å²) in [6.07, 6.45) is 2.11. The van der Waals surface area contributed by atoms with E-state index < -0.39 is 5.82 Å². The summed E-state index contributed by atoms with van der Waals surface area (Å²) in [7, 11) is 1.81. The Morgan fingerprint density at radius 3 is 2.85 bits per heavy atom. The molecule has 27 heavy (non-hydrogen) atoms. The number of nitrogens with zero attached hydrogens (tertiary/aromatic N) is 3. The zero-order chi connectivity index (χ0) is 19.6. The predicted molar refractivity (Wildman–Crippen MR) is 105 cm³/mol. The van der Waals surface area contributed by atoms with Crippen molar-refractivity contribution in [3.05, 3.63) is 52.4 Å². The summed E-state index contributed by atoms with van der Waals surface area (Å²) in [5.41, 5.74) is 6.73. The van der Waals surface area contributed by atoms with Crippen LogP contribution in [0.5, 0.6) is 0 Å².